The molecule has 1 aromatic heterocycles. The maximum Gasteiger partial charge on any atom is 0.0562 e. The van der Waals surface area contributed by atoms with E-state index in [0.29, 0.717) is 0 Å². The molecule has 0 bridgehead atoms. The number of nitrogens with zero attached hydrogens (tertiary/aromatic N) is 2. The molecule has 1 heterocycles. The van der Waals surface area contributed by atoms with E-state index < -0.39 is 0 Å². The lowest BCUT2D eigenvalue weighted by molar-refractivity contribution is 0.660. The van der Waals surface area contributed by atoms with Crippen LogP contribution in [0.25, 0.3) is 72.0 Å². The van der Waals surface area contributed by atoms with Crippen molar-refractivity contribution in [2.45, 2.75) is 38.5 Å². The van der Waals surface area contributed by atoms with Crippen molar-refractivity contribution >= 4 is 38.9 Å². The zero-order valence-electron chi connectivity index (χ0n) is 35.5. The standard InChI is InChI=1S/C60H46N2/c1-59(2)50-23-12-8-20-45(50)47-35-33-42(37-52(47)59)61(43-34-36-48-46-21-9-13-24-51(46)60(3,4)53(48)38-43)56-27-16-28-57-58(56)49-22-11-15-26-55(49)62(57)54-25-14-10-19-44(54)41-31-29-40(30-32-41)39-17-6-5-7-18-39/h5-38H,1-4H3. The van der Waals surface area contributed by atoms with Gasteiger partial charge in [0.25, 0.3) is 0 Å². The van der Waals surface area contributed by atoms with Gasteiger partial charge in [-0.15, -0.1) is 0 Å². The molecule has 0 N–H and O–H groups in total. The van der Waals surface area contributed by atoms with E-state index in [-0.39, 0.29) is 10.8 Å². The minimum atomic E-state index is -0.139. The molecule has 0 spiro atoms. The summed E-state index contributed by atoms with van der Waals surface area (Å²) in [5, 5.41) is 2.45. The number of hydrogen-bond acceptors (Lipinski definition) is 1. The Morgan fingerprint density at radius 1 is 0.355 bits per heavy atom. The second-order valence-electron chi connectivity index (χ2n) is 18.1. The zero-order valence-corrected chi connectivity index (χ0v) is 35.5. The summed E-state index contributed by atoms with van der Waals surface area (Å²) in [4.78, 5) is 2.53. The lowest BCUT2D eigenvalue weighted by Crippen LogP contribution is -2.18. The number of fused-ring (bicyclic) bond motifs is 9. The van der Waals surface area contributed by atoms with Gasteiger partial charge in [0.1, 0.15) is 0 Å². The second-order valence-corrected chi connectivity index (χ2v) is 18.1. The van der Waals surface area contributed by atoms with E-state index in [1.807, 2.05) is 0 Å². The summed E-state index contributed by atoms with van der Waals surface area (Å²) >= 11 is 0. The highest BCUT2D eigenvalue weighted by atomic mass is 15.1. The lowest BCUT2D eigenvalue weighted by atomic mass is 9.82. The zero-order chi connectivity index (χ0) is 41.7. The van der Waals surface area contributed by atoms with Gasteiger partial charge in [-0.3, -0.25) is 0 Å². The van der Waals surface area contributed by atoms with Crippen molar-refractivity contribution < 1.29 is 0 Å². The molecule has 0 fully saturated rings. The molecule has 2 aliphatic rings. The molecule has 0 aliphatic heterocycles. The SMILES string of the molecule is CC1(C)c2ccccc2-c2ccc(N(c3ccc4c(c3)C(C)(C)c3ccccc3-4)c3cccc4c3c3ccccc3n4-c3ccccc3-c3ccc(-c4ccccc4)cc3)cc21. The van der Waals surface area contributed by atoms with E-state index in [9.17, 15) is 0 Å². The van der Waals surface area contributed by atoms with E-state index in [4.69, 9.17) is 0 Å². The monoisotopic (exact) mass is 794 g/mol. The van der Waals surface area contributed by atoms with Crippen LogP contribution >= 0.6 is 0 Å². The van der Waals surface area contributed by atoms with Gasteiger partial charge in [-0.2, -0.15) is 0 Å². The maximum atomic E-state index is 2.53. The van der Waals surface area contributed by atoms with Gasteiger partial charge in [0, 0.05) is 38.5 Å². The average Bonchev–Trinajstić information content (AvgIpc) is 3.86. The molecule has 2 aliphatic carbocycles. The van der Waals surface area contributed by atoms with Gasteiger partial charge in [-0.1, -0.05) is 185 Å². The molecule has 62 heavy (non-hydrogen) atoms. The highest BCUT2D eigenvalue weighted by molar-refractivity contribution is 6.17. The van der Waals surface area contributed by atoms with Crippen LogP contribution in [0.1, 0.15) is 49.9 Å². The minimum absolute atomic E-state index is 0.139. The number of benzene rings is 9. The second kappa shape index (κ2) is 13.5. The molecule has 12 rings (SSSR count). The first kappa shape index (κ1) is 36.4. The lowest BCUT2D eigenvalue weighted by Gasteiger charge is -2.30. The third-order valence-electron chi connectivity index (χ3n) is 14.0. The third kappa shape index (κ3) is 5.29. The highest BCUT2D eigenvalue weighted by Gasteiger charge is 2.38. The van der Waals surface area contributed by atoms with Gasteiger partial charge in [0.05, 0.1) is 22.4 Å². The van der Waals surface area contributed by atoms with Crippen molar-refractivity contribution in [3.05, 3.63) is 229 Å². The van der Waals surface area contributed by atoms with Crippen molar-refractivity contribution in [2.24, 2.45) is 0 Å². The van der Waals surface area contributed by atoms with Gasteiger partial charge in [-0.05, 0) is 110 Å². The predicted octanol–water partition coefficient (Wildman–Crippen LogP) is 16.2. The van der Waals surface area contributed by atoms with Gasteiger partial charge in [-0.25, -0.2) is 0 Å². The smallest absolute Gasteiger partial charge is 0.0562 e. The third-order valence-corrected chi connectivity index (χ3v) is 14.0. The fraction of sp³-hybridized carbons (Fsp3) is 0.100. The minimum Gasteiger partial charge on any atom is -0.310 e. The Balaban J connectivity index is 1.09. The van der Waals surface area contributed by atoms with Crippen LogP contribution < -0.4 is 4.90 Å². The molecule has 2 nitrogen and oxygen atoms in total. The van der Waals surface area contributed by atoms with Crippen molar-refractivity contribution in [2.75, 3.05) is 4.90 Å². The number of hydrogen-bond donors (Lipinski definition) is 0. The van der Waals surface area contributed by atoms with E-state index >= 15 is 0 Å². The average molecular weight is 795 g/mol. The maximum absolute atomic E-state index is 2.53. The number of rotatable bonds is 6. The Labute approximate surface area is 364 Å². The van der Waals surface area contributed by atoms with Gasteiger partial charge in [0.15, 0.2) is 0 Å². The van der Waals surface area contributed by atoms with Crippen LogP contribution in [0.4, 0.5) is 17.1 Å². The molecule has 10 aromatic rings. The first-order chi connectivity index (χ1) is 30.3. The first-order valence-electron chi connectivity index (χ1n) is 21.9. The fourth-order valence-corrected chi connectivity index (χ4v) is 10.9. The molecule has 296 valence electrons. The molecule has 2 heteroatoms. The van der Waals surface area contributed by atoms with Crippen molar-refractivity contribution in [3.63, 3.8) is 0 Å². The molecule has 0 amide bonds. The number of anilines is 3. The summed E-state index contributed by atoms with van der Waals surface area (Å²) in [6.07, 6.45) is 0. The Morgan fingerprint density at radius 2 is 0.839 bits per heavy atom. The van der Waals surface area contributed by atoms with Crippen LogP contribution in [0, 0.1) is 0 Å². The van der Waals surface area contributed by atoms with E-state index in [1.54, 1.807) is 0 Å². The summed E-state index contributed by atoms with van der Waals surface area (Å²) in [5.41, 5.74) is 22.3. The van der Waals surface area contributed by atoms with Crippen LogP contribution in [0.2, 0.25) is 0 Å². The molecule has 0 radical (unpaired) electrons. The molecule has 9 aromatic carbocycles. The first-order valence-corrected chi connectivity index (χ1v) is 21.9. The van der Waals surface area contributed by atoms with Crippen LogP contribution in [-0.2, 0) is 10.8 Å². The molecule has 0 unspecified atom stereocenters. The van der Waals surface area contributed by atoms with Gasteiger partial charge in [0.2, 0.25) is 0 Å². The summed E-state index contributed by atoms with van der Waals surface area (Å²) in [7, 11) is 0. The molecular formula is C60H46N2. The van der Waals surface area contributed by atoms with Crippen molar-refractivity contribution in [3.8, 4) is 50.2 Å². The number of aromatic nitrogens is 1. The summed E-state index contributed by atoms with van der Waals surface area (Å²) in [6, 6.07) is 76.6. The fourth-order valence-electron chi connectivity index (χ4n) is 10.9. The van der Waals surface area contributed by atoms with Crippen molar-refractivity contribution in [1.82, 2.24) is 4.57 Å². The largest absolute Gasteiger partial charge is 0.310 e. The van der Waals surface area contributed by atoms with Crippen LogP contribution in [0.15, 0.2) is 206 Å². The molecule has 0 saturated heterocycles. The highest BCUT2D eigenvalue weighted by Crippen LogP contribution is 2.54. The Morgan fingerprint density at radius 3 is 1.48 bits per heavy atom. The van der Waals surface area contributed by atoms with E-state index in [0.717, 1.165) is 22.7 Å². The quantitative estimate of drug-likeness (QED) is 0.163. The van der Waals surface area contributed by atoms with Crippen LogP contribution in [0.3, 0.4) is 0 Å². The topological polar surface area (TPSA) is 8.17 Å². The Hall–Kier alpha value is -7.42. The molecular weight excluding hydrogens is 749 g/mol. The van der Waals surface area contributed by atoms with E-state index in [1.165, 1.54) is 88.6 Å². The summed E-state index contributed by atoms with van der Waals surface area (Å²) < 4.78 is 2.48. The van der Waals surface area contributed by atoms with E-state index in [2.05, 4.69) is 243 Å². The predicted molar refractivity (Wildman–Crippen MR) is 261 cm³/mol. The van der Waals surface area contributed by atoms with Crippen molar-refractivity contribution in [1.29, 1.82) is 0 Å². The van der Waals surface area contributed by atoms with Crippen LogP contribution in [0.5, 0.6) is 0 Å². The van der Waals surface area contributed by atoms with Crippen LogP contribution in [-0.4, -0.2) is 4.57 Å². The molecule has 0 atom stereocenters. The normalized spacial score (nSPS) is 14.1. The summed E-state index contributed by atoms with van der Waals surface area (Å²) in [5.74, 6) is 0. The van der Waals surface area contributed by atoms with Gasteiger partial charge >= 0.3 is 0 Å². The number of para-hydroxylation sites is 2. The van der Waals surface area contributed by atoms with Gasteiger partial charge < -0.3 is 9.47 Å². The molecule has 0 saturated carbocycles. The Kier molecular flexibility index (Phi) is 7.96. The summed E-state index contributed by atoms with van der Waals surface area (Å²) in [6.45, 7) is 9.51. The Bertz CT molecular complexity index is 3290.